The molecule has 6 heteroatoms. The highest BCUT2D eigenvalue weighted by molar-refractivity contribution is 5.95. The molecule has 2 aromatic heterocycles. The predicted octanol–water partition coefficient (Wildman–Crippen LogP) is 2.24. The Bertz CT molecular complexity index is 858. The van der Waals surface area contributed by atoms with Crippen LogP contribution in [0.1, 0.15) is 23.2 Å². The highest BCUT2D eigenvalue weighted by Gasteiger charge is 2.34. The SMILES string of the molecule is O=C(N[C@@H]1CC(Cn2ccnc2)C[C@H]1O)c1cccc(-n2cccc2)c1. The summed E-state index contributed by atoms with van der Waals surface area (Å²) in [6, 6.07) is 11.2. The third-order valence-corrected chi connectivity index (χ3v) is 4.98. The van der Waals surface area contributed by atoms with E-state index < -0.39 is 6.10 Å². The molecule has 0 spiro atoms. The fourth-order valence-corrected chi connectivity index (χ4v) is 3.68. The van der Waals surface area contributed by atoms with Crippen LogP contribution in [0.15, 0.2) is 67.5 Å². The maximum Gasteiger partial charge on any atom is 0.251 e. The average molecular weight is 350 g/mol. The summed E-state index contributed by atoms with van der Waals surface area (Å²) in [6.45, 7) is 0.812. The molecule has 3 atom stereocenters. The maximum absolute atomic E-state index is 12.6. The van der Waals surface area contributed by atoms with Gasteiger partial charge in [-0.3, -0.25) is 4.79 Å². The standard InChI is InChI=1S/C20H22N4O2/c25-19-11-15(13-23-9-6-21-14-23)10-18(19)22-20(26)16-4-3-5-17(12-16)24-7-1-2-8-24/h1-9,12,14-15,18-19,25H,10-11,13H2,(H,22,26)/t15?,18-,19-/m1/s1. The first-order chi connectivity index (χ1) is 12.7. The number of aromatic nitrogens is 3. The smallest absolute Gasteiger partial charge is 0.251 e. The Balaban J connectivity index is 1.41. The Hall–Kier alpha value is -2.86. The maximum atomic E-state index is 12.6. The van der Waals surface area contributed by atoms with Gasteiger partial charge in [0.25, 0.3) is 5.91 Å². The molecule has 2 heterocycles. The van der Waals surface area contributed by atoms with Crippen molar-refractivity contribution >= 4 is 5.91 Å². The van der Waals surface area contributed by atoms with Gasteiger partial charge in [-0.05, 0) is 49.1 Å². The van der Waals surface area contributed by atoms with Gasteiger partial charge in [0.05, 0.1) is 18.5 Å². The minimum Gasteiger partial charge on any atom is -0.391 e. The van der Waals surface area contributed by atoms with Gasteiger partial charge in [0, 0.05) is 42.6 Å². The first kappa shape index (κ1) is 16.6. The third-order valence-electron chi connectivity index (χ3n) is 4.98. The number of hydrogen-bond donors (Lipinski definition) is 2. The van der Waals surface area contributed by atoms with E-state index in [9.17, 15) is 9.90 Å². The molecule has 1 unspecified atom stereocenters. The fourth-order valence-electron chi connectivity index (χ4n) is 3.68. The van der Waals surface area contributed by atoms with Gasteiger partial charge in [-0.15, -0.1) is 0 Å². The van der Waals surface area contributed by atoms with Crippen molar-refractivity contribution in [1.82, 2.24) is 19.4 Å². The second kappa shape index (κ2) is 7.17. The molecule has 6 nitrogen and oxygen atoms in total. The summed E-state index contributed by atoms with van der Waals surface area (Å²) in [4.78, 5) is 16.7. The Morgan fingerprint density at radius 1 is 1.19 bits per heavy atom. The number of aliphatic hydroxyl groups is 1. The van der Waals surface area contributed by atoms with Crippen LogP contribution in [0.3, 0.4) is 0 Å². The van der Waals surface area contributed by atoms with E-state index in [0.717, 1.165) is 18.7 Å². The molecule has 3 aromatic rings. The van der Waals surface area contributed by atoms with Crippen molar-refractivity contribution in [3.05, 3.63) is 73.1 Å². The summed E-state index contributed by atoms with van der Waals surface area (Å²) in [5, 5.41) is 13.3. The number of nitrogens with zero attached hydrogens (tertiary/aromatic N) is 3. The Kier molecular flexibility index (Phi) is 4.58. The second-order valence-corrected chi connectivity index (χ2v) is 6.88. The average Bonchev–Trinajstić information content (AvgIpc) is 3.39. The Labute approximate surface area is 152 Å². The van der Waals surface area contributed by atoms with Crippen LogP contribution in [0, 0.1) is 5.92 Å². The summed E-state index contributed by atoms with van der Waals surface area (Å²) in [5.41, 5.74) is 1.54. The fraction of sp³-hybridized carbons (Fsp3) is 0.300. The molecular weight excluding hydrogens is 328 g/mol. The zero-order chi connectivity index (χ0) is 17.9. The normalized spacial score (nSPS) is 22.4. The zero-order valence-electron chi connectivity index (χ0n) is 14.4. The van der Waals surface area contributed by atoms with Gasteiger partial charge in [-0.25, -0.2) is 4.98 Å². The van der Waals surface area contributed by atoms with Crippen LogP contribution < -0.4 is 5.32 Å². The van der Waals surface area contributed by atoms with Crippen molar-refractivity contribution in [3.63, 3.8) is 0 Å². The molecule has 0 radical (unpaired) electrons. The molecule has 0 bridgehead atoms. The molecule has 1 aromatic carbocycles. The van der Waals surface area contributed by atoms with Gasteiger partial charge in [0.15, 0.2) is 0 Å². The second-order valence-electron chi connectivity index (χ2n) is 6.88. The van der Waals surface area contributed by atoms with Crippen LogP contribution in [-0.4, -0.2) is 37.3 Å². The van der Waals surface area contributed by atoms with Crippen molar-refractivity contribution < 1.29 is 9.90 Å². The highest BCUT2D eigenvalue weighted by atomic mass is 16.3. The molecule has 1 fully saturated rings. The number of benzene rings is 1. The van der Waals surface area contributed by atoms with E-state index in [1.54, 1.807) is 18.6 Å². The van der Waals surface area contributed by atoms with Crippen LogP contribution in [0.2, 0.25) is 0 Å². The molecule has 26 heavy (non-hydrogen) atoms. The molecule has 1 aliphatic carbocycles. The summed E-state index contributed by atoms with van der Waals surface area (Å²) >= 11 is 0. The number of nitrogens with one attached hydrogen (secondary N) is 1. The molecular formula is C20H22N4O2. The number of aliphatic hydroxyl groups excluding tert-OH is 1. The van der Waals surface area contributed by atoms with Gasteiger partial charge in [-0.1, -0.05) is 6.07 Å². The largest absolute Gasteiger partial charge is 0.391 e. The van der Waals surface area contributed by atoms with Gasteiger partial charge in [-0.2, -0.15) is 0 Å². The Morgan fingerprint density at radius 2 is 2.04 bits per heavy atom. The molecule has 1 aliphatic rings. The lowest BCUT2D eigenvalue weighted by Crippen LogP contribution is -2.39. The van der Waals surface area contributed by atoms with Crippen molar-refractivity contribution in [3.8, 4) is 5.69 Å². The van der Waals surface area contributed by atoms with E-state index in [4.69, 9.17) is 0 Å². The van der Waals surface area contributed by atoms with Crippen LogP contribution in [0.5, 0.6) is 0 Å². The predicted molar refractivity (Wildman–Crippen MR) is 98.0 cm³/mol. The zero-order valence-corrected chi connectivity index (χ0v) is 14.4. The first-order valence-electron chi connectivity index (χ1n) is 8.87. The van der Waals surface area contributed by atoms with Gasteiger partial charge in [0.1, 0.15) is 0 Å². The summed E-state index contributed by atoms with van der Waals surface area (Å²) < 4.78 is 3.98. The molecule has 1 amide bonds. The van der Waals surface area contributed by atoms with E-state index in [2.05, 4.69) is 10.3 Å². The molecule has 2 N–H and O–H groups in total. The molecule has 0 saturated heterocycles. The van der Waals surface area contributed by atoms with Crippen LogP contribution in [-0.2, 0) is 6.54 Å². The minimum absolute atomic E-state index is 0.147. The summed E-state index contributed by atoms with van der Waals surface area (Å²) in [5.74, 6) is 0.182. The third kappa shape index (κ3) is 3.55. The van der Waals surface area contributed by atoms with E-state index in [1.807, 2.05) is 58.1 Å². The highest BCUT2D eigenvalue weighted by Crippen LogP contribution is 2.28. The molecule has 0 aliphatic heterocycles. The number of amides is 1. The van der Waals surface area contributed by atoms with Crippen molar-refractivity contribution in [2.24, 2.45) is 5.92 Å². The van der Waals surface area contributed by atoms with Crippen molar-refractivity contribution in [2.75, 3.05) is 0 Å². The van der Waals surface area contributed by atoms with Crippen LogP contribution >= 0.6 is 0 Å². The summed E-state index contributed by atoms with van der Waals surface area (Å²) in [6.07, 6.45) is 10.3. The molecule has 134 valence electrons. The minimum atomic E-state index is -0.514. The monoisotopic (exact) mass is 350 g/mol. The van der Waals surface area contributed by atoms with Gasteiger partial charge in [0.2, 0.25) is 0 Å². The van der Waals surface area contributed by atoms with E-state index >= 15 is 0 Å². The lowest BCUT2D eigenvalue weighted by Gasteiger charge is -2.17. The first-order valence-corrected chi connectivity index (χ1v) is 8.87. The van der Waals surface area contributed by atoms with E-state index in [1.165, 1.54) is 0 Å². The number of imidazole rings is 1. The lowest BCUT2D eigenvalue weighted by molar-refractivity contribution is 0.0873. The quantitative estimate of drug-likeness (QED) is 0.741. The molecule has 4 rings (SSSR count). The van der Waals surface area contributed by atoms with Crippen LogP contribution in [0.4, 0.5) is 0 Å². The topological polar surface area (TPSA) is 72.1 Å². The number of carbonyl (C=O) groups is 1. The lowest BCUT2D eigenvalue weighted by atomic mass is 10.1. The van der Waals surface area contributed by atoms with E-state index in [0.29, 0.717) is 17.9 Å². The number of carbonyl (C=O) groups excluding carboxylic acids is 1. The van der Waals surface area contributed by atoms with Crippen molar-refractivity contribution in [1.29, 1.82) is 0 Å². The van der Waals surface area contributed by atoms with Crippen LogP contribution in [0.25, 0.3) is 5.69 Å². The van der Waals surface area contributed by atoms with E-state index in [-0.39, 0.29) is 11.9 Å². The summed E-state index contributed by atoms with van der Waals surface area (Å²) in [7, 11) is 0. The number of hydrogen-bond acceptors (Lipinski definition) is 3. The van der Waals surface area contributed by atoms with Crippen molar-refractivity contribution in [2.45, 2.75) is 31.5 Å². The van der Waals surface area contributed by atoms with Gasteiger partial charge >= 0.3 is 0 Å². The molecule has 1 saturated carbocycles. The van der Waals surface area contributed by atoms with Gasteiger partial charge < -0.3 is 19.6 Å². The Morgan fingerprint density at radius 3 is 2.81 bits per heavy atom. The number of rotatable bonds is 5.